The Balaban J connectivity index is 1.89. The Morgan fingerprint density at radius 2 is 1.80 bits per heavy atom. The zero-order chi connectivity index (χ0) is 21.5. The second kappa shape index (κ2) is 5.93. The quantitative estimate of drug-likeness (QED) is 0.658. The first-order valence-corrected chi connectivity index (χ1v) is 9.38. The molecule has 8 heteroatoms. The molecule has 2 aliphatic heterocycles. The Kier molecular flexibility index (Phi) is 3.63. The number of ketones is 2. The number of ether oxygens (including phenoxy) is 1. The molecular weight excluding hydrogens is 390 g/mol. The average molecular weight is 407 g/mol. The normalized spacial score (nSPS) is 24.3. The molecule has 152 valence electrons. The smallest absolute Gasteiger partial charge is 0.329 e. The number of hydrogen-bond acceptors (Lipinski definition) is 7. The molecule has 1 fully saturated rings. The zero-order valence-corrected chi connectivity index (χ0v) is 16.0. The standard InChI is InChI=1S/C22H17NO7/c1-8-6-11-14(13(25)7-8)16-18(23-17(22(28)29)9(2)30-21(11)23)20(27)15-10(19(16)26)4-3-5-12(15)24/h3-7,9,17,21,24-25H,1-2H3,(H,28,29)/t9-,17+,21+/m1/s1. The topological polar surface area (TPSA) is 124 Å². The number of carbonyl (C=O) groups is 3. The number of aromatic hydroxyl groups is 2. The third kappa shape index (κ3) is 2.16. The van der Waals surface area contributed by atoms with Crippen LogP contribution in [-0.2, 0) is 9.53 Å². The van der Waals surface area contributed by atoms with E-state index in [0.29, 0.717) is 11.1 Å². The van der Waals surface area contributed by atoms with Gasteiger partial charge < -0.3 is 25.0 Å². The van der Waals surface area contributed by atoms with Crippen LogP contribution >= 0.6 is 0 Å². The maximum absolute atomic E-state index is 13.5. The number of Topliss-reactive ketones (excluding diaryl/α,β-unsaturated/α-hetero) is 2. The van der Waals surface area contributed by atoms with Gasteiger partial charge in [0, 0.05) is 16.7 Å². The van der Waals surface area contributed by atoms with Crippen molar-refractivity contribution in [1.29, 1.82) is 0 Å². The SMILES string of the molecule is Cc1cc(O)c2c(c1)[C@@H]1O[C@H](C)[C@@H](C(=O)O)N1C1=C2C(=O)c2cccc(O)c2C1=O. The summed E-state index contributed by atoms with van der Waals surface area (Å²) in [5.41, 5.74) is 0.835. The molecular formula is C22H17NO7. The highest BCUT2D eigenvalue weighted by molar-refractivity contribution is 6.41. The van der Waals surface area contributed by atoms with Crippen molar-refractivity contribution in [2.24, 2.45) is 0 Å². The summed E-state index contributed by atoms with van der Waals surface area (Å²) in [6.45, 7) is 3.33. The Labute approximate surface area is 170 Å². The van der Waals surface area contributed by atoms with Crippen LogP contribution in [0.25, 0.3) is 5.57 Å². The fraction of sp³-hybridized carbons (Fsp3) is 0.227. The molecule has 30 heavy (non-hydrogen) atoms. The van der Waals surface area contributed by atoms with E-state index in [-0.39, 0.29) is 39.5 Å². The first-order chi connectivity index (χ1) is 14.2. The van der Waals surface area contributed by atoms with Crippen molar-refractivity contribution in [2.45, 2.75) is 32.2 Å². The molecule has 3 atom stereocenters. The Bertz CT molecular complexity index is 1210. The van der Waals surface area contributed by atoms with Crippen molar-refractivity contribution < 1.29 is 34.4 Å². The van der Waals surface area contributed by atoms with Gasteiger partial charge in [0.2, 0.25) is 5.78 Å². The second-order valence-corrected chi connectivity index (χ2v) is 7.71. The number of benzene rings is 2. The number of carbonyl (C=O) groups excluding carboxylic acids is 2. The van der Waals surface area contributed by atoms with Crippen LogP contribution in [0.1, 0.15) is 50.6 Å². The Morgan fingerprint density at radius 3 is 2.50 bits per heavy atom. The number of phenolic OH excluding ortho intramolecular Hbond substituents is 2. The minimum Gasteiger partial charge on any atom is -0.507 e. The number of nitrogens with zero attached hydrogens (tertiary/aromatic N) is 1. The molecule has 0 unspecified atom stereocenters. The highest BCUT2D eigenvalue weighted by Crippen LogP contribution is 2.52. The van der Waals surface area contributed by atoms with E-state index < -0.39 is 35.9 Å². The van der Waals surface area contributed by atoms with E-state index >= 15 is 0 Å². The minimum atomic E-state index is -1.22. The third-order valence-electron chi connectivity index (χ3n) is 5.85. The number of carboxylic acid groups (broad SMARTS) is 1. The molecule has 8 nitrogen and oxygen atoms in total. The largest absolute Gasteiger partial charge is 0.507 e. The van der Waals surface area contributed by atoms with Crippen LogP contribution in [0.15, 0.2) is 36.0 Å². The number of rotatable bonds is 1. The van der Waals surface area contributed by atoms with Crippen LogP contribution in [0.2, 0.25) is 0 Å². The predicted octanol–water partition coefficient (Wildman–Crippen LogP) is 2.38. The molecule has 1 saturated heterocycles. The minimum absolute atomic E-state index is 0.00293. The molecule has 3 N–H and O–H groups in total. The number of aryl methyl sites for hydroxylation is 1. The van der Waals surface area contributed by atoms with Crippen LogP contribution in [0.3, 0.4) is 0 Å². The zero-order valence-electron chi connectivity index (χ0n) is 16.0. The van der Waals surface area contributed by atoms with Gasteiger partial charge >= 0.3 is 5.97 Å². The lowest BCUT2D eigenvalue weighted by atomic mass is 9.78. The summed E-state index contributed by atoms with van der Waals surface area (Å²) >= 11 is 0. The molecule has 2 aromatic carbocycles. The summed E-state index contributed by atoms with van der Waals surface area (Å²) in [4.78, 5) is 40.3. The summed E-state index contributed by atoms with van der Waals surface area (Å²) in [6, 6.07) is 6.13. The Morgan fingerprint density at radius 1 is 1.07 bits per heavy atom. The monoisotopic (exact) mass is 407 g/mol. The molecule has 0 bridgehead atoms. The van der Waals surface area contributed by atoms with E-state index in [1.165, 1.54) is 29.2 Å². The summed E-state index contributed by atoms with van der Waals surface area (Å²) in [7, 11) is 0. The molecule has 2 aromatic rings. The lowest BCUT2D eigenvalue weighted by Gasteiger charge is -2.39. The summed E-state index contributed by atoms with van der Waals surface area (Å²) in [5.74, 6) is -3.03. The summed E-state index contributed by atoms with van der Waals surface area (Å²) < 4.78 is 5.90. The fourth-order valence-electron chi connectivity index (χ4n) is 4.70. The number of hydrogen-bond donors (Lipinski definition) is 3. The molecule has 0 radical (unpaired) electrons. The van der Waals surface area contributed by atoms with Gasteiger partial charge in [-0.2, -0.15) is 0 Å². The van der Waals surface area contributed by atoms with Crippen molar-refractivity contribution in [3.05, 3.63) is 63.8 Å². The maximum Gasteiger partial charge on any atom is 0.329 e. The lowest BCUT2D eigenvalue weighted by Crippen LogP contribution is -2.46. The van der Waals surface area contributed by atoms with Gasteiger partial charge in [-0.3, -0.25) is 9.59 Å². The van der Waals surface area contributed by atoms with E-state index in [4.69, 9.17) is 4.74 Å². The summed E-state index contributed by atoms with van der Waals surface area (Å²) in [5, 5.41) is 30.8. The van der Waals surface area contributed by atoms with Crippen LogP contribution in [0.5, 0.6) is 11.5 Å². The van der Waals surface area contributed by atoms with Crippen LogP contribution in [0.4, 0.5) is 0 Å². The number of carboxylic acids is 1. The van der Waals surface area contributed by atoms with Crippen LogP contribution in [0, 0.1) is 6.92 Å². The van der Waals surface area contributed by atoms with Crippen LogP contribution < -0.4 is 0 Å². The predicted molar refractivity (Wildman–Crippen MR) is 103 cm³/mol. The molecule has 2 heterocycles. The van der Waals surface area contributed by atoms with Gasteiger partial charge in [0.15, 0.2) is 18.1 Å². The molecule has 0 saturated carbocycles. The van der Waals surface area contributed by atoms with E-state index in [0.717, 1.165) is 0 Å². The van der Waals surface area contributed by atoms with Crippen molar-refractivity contribution in [2.75, 3.05) is 0 Å². The van der Waals surface area contributed by atoms with E-state index in [1.54, 1.807) is 19.9 Å². The molecule has 1 aliphatic carbocycles. The van der Waals surface area contributed by atoms with E-state index in [2.05, 4.69) is 0 Å². The molecule has 5 rings (SSSR count). The number of fused-ring (bicyclic) bond motifs is 6. The molecule has 0 aromatic heterocycles. The van der Waals surface area contributed by atoms with Gasteiger partial charge in [0.1, 0.15) is 17.2 Å². The average Bonchev–Trinajstić information content (AvgIpc) is 3.02. The lowest BCUT2D eigenvalue weighted by molar-refractivity contribution is -0.142. The highest BCUT2D eigenvalue weighted by Gasteiger charge is 2.54. The Hall–Kier alpha value is -3.65. The first kappa shape index (κ1) is 18.4. The van der Waals surface area contributed by atoms with Gasteiger partial charge in [0.25, 0.3) is 0 Å². The van der Waals surface area contributed by atoms with Gasteiger partial charge in [0.05, 0.1) is 17.2 Å². The second-order valence-electron chi connectivity index (χ2n) is 7.71. The van der Waals surface area contributed by atoms with Gasteiger partial charge in [-0.15, -0.1) is 0 Å². The number of phenols is 2. The molecule has 0 amide bonds. The summed E-state index contributed by atoms with van der Waals surface area (Å²) in [6.07, 6.45) is -1.76. The van der Waals surface area contributed by atoms with Crippen molar-refractivity contribution in [3.63, 3.8) is 0 Å². The van der Waals surface area contributed by atoms with Crippen LogP contribution in [-0.4, -0.2) is 49.9 Å². The van der Waals surface area contributed by atoms with Gasteiger partial charge in [-0.1, -0.05) is 18.2 Å². The van der Waals surface area contributed by atoms with Crippen molar-refractivity contribution >= 4 is 23.1 Å². The number of aliphatic carboxylic acids is 1. The van der Waals surface area contributed by atoms with Crippen molar-refractivity contribution in [3.8, 4) is 11.5 Å². The molecule has 3 aliphatic rings. The first-order valence-electron chi connectivity index (χ1n) is 9.38. The van der Waals surface area contributed by atoms with Gasteiger partial charge in [-0.25, -0.2) is 4.79 Å². The fourth-order valence-corrected chi connectivity index (χ4v) is 4.70. The molecule has 0 spiro atoms. The third-order valence-corrected chi connectivity index (χ3v) is 5.85. The van der Waals surface area contributed by atoms with Gasteiger partial charge in [-0.05, 0) is 31.5 Å². The van der Waals surface area contributed by atoms with E-state index in [9.17, 15) is 29.7 Å². The highest BCUT2D eigenvalue weighted by atomic mass is 16.5. The number of allylic oxidation sites excluding steroid dienone is 2. The van der Waals surface area contributed by atoms with E-state index in [1.807, 2.05) is 0 Å². The maximum atomic E-state index is 13.5. The van der Waals surface area contributed by atoms with Crippen molar-refractivity contribution in [1.82, 2.24) is 4.90 Å².